The summed E-state index contributed by atoms with van der Waals surface area (Å²) in [5.74, 6) is -0.0741. The number of pyridine rings is 1. The van der Waals surface area contributed by atoms with Gasteiger partial charge >= 0.3 is 5.69 Å². The lowest BCUT2D eigenvalue weighted by atomic mass is 10.0. The molecule has 8 nitrogen and oxygen atoms in total. The summed E-state index contributed by atoms with van der Waals surface area (Å²) in [7, 11) is 0. The largest absolute Gasteiger partial charge is 0.354 e. The number of carbonyl (C=O) groups is 2. The molecule has 140 valence electrons. The van der Waals surface area contributed by atoms with E-state index >= 15 is 0 Å². The van der Waals surface area contributed by atoms with Gasteiger partial charge in [0.2, 0.25) is 11.8 Å². The van der Waals surface area contributed by atoms with E-state index in [1.54, 1.807) is 23.2 Å². The van der Waals surface area contributed by atoms with Gasteiger partial charge in [-0.05, 0) is 37.8 Å². The van der Waals surface area contributed by atoms with Gasteiger partial charge in [-0.1, -0.05) is 13.0 Å². The van der Waals surface area contributed by atoms with Crippen LogP contribution in [0.4, 0.5) is 0 Å². The summed E-state index contributed by atoms with van der Waals surface area (Å²) in [6.45, 7) is 3.35. The summed E-state index contributed by atoms with van der Waals surface area (Å²) in [4.78, 5) is 38.4. The van der Waals surface area contributed by atoms with Gasteiger partial charge in [-0.15, -0.1) is 5.10 Å². The number of piperidine rings is 1. The summed E-state index contributed by atoms with van der Waals surface area (Å²) in [6.07, 6.45) is 5.33. The van der Waals surface area contributed by atoms with E-state index in [-0.39, 0.29) is 23.5 Å². The predicted molar refractivity (Wildman–Crippen MR) is 96.7 cm³/mol. The van der Waals surface area contributed by atoms with Gasteiger partial charge in [0.1, 0.15) is 6.04 Å². The summed E-state index contributed by atoms with van der Waals surface area (Å²) in [5, 5.41) is 7.17. The first-order chi connectivity index (χ1) is 12.6. The highest BCUT2D eigenvalue weighted by Gasteiger charge is 2.30. The molecule has 0 bridgehead atoms. The van der Waals surface area contributed by atoms with E-state index in [1.807, 2.05) is 13.0 Å². The minimum absolute atomic E-state index is 0.0288. The summed E-state index contributed by atoms with van der Waals surface area (Å²) in [6, 6.07) is 5.03. The SMILES string of the molecule is CCC(=O)N1CCCCC1C(=O)NCCCn1nc2ccccn2c1=O. The van der Waals surface area contributed by atoms with E-state index in [1.165, 1.54) is 9.08 Å². The molecule has 0 radical (unpaired) electrons. The summed E-state index contributed by atoms with van der Waals surface area (Å²) >= 11 is 0. The van der Waals surface area contributed by atoms with E-state index in [4.69, 9.17) is 0 Å². The lowest BCUT2D eigenvalue weighted by molar-refractivity contribution is -0.142. The van der Waals surface area contributed by atoms with Crippen molar-refractivity contribution in [3.05, 3.63) is 34.9 Å². The van der Waals surface area contributed by atoms with Crippen molar-refractivity contribution in [3.63, 3.8) is 0 Å². The first kappa shape index (κ1) is 18.2. The number of amides is 2. The molecule has 26 heavy (non-hydrogen) atoms. The molecule has 0 saturated carbocycles. The fraction of sp³-hybridized carbons (Fsp3) is 0.556. The van der Waals surface area contributed by atoms with E-state index in [9.17, 15) is 14.4 Å². The van der Waals surface area contributed by atoms with Gasteiger partial charge in [-0.3, -0.25) is 14.0 Å². The zero-order chi connectivity index (χ0) is 18.5. The third-order valence-corrected chi connectivity index (χ3v) is 4.76. The molecule has 8 heteroatoms. The fourth-order valence-electron chi connectivity index (χ4n) is 3.38. The van der Waals surface area contributed by atoms with Crippen molar-refractivity contribution < 1.29 is 9.59 Å². The van der Waals surface area contributed by atoms with Crippen molar-refractivity contribution in [1.82, 2.24) is 24.4 Å². The molecule has 3 rings (SSSR count). The molecule has 0 aliphatic carbocycles. The summed E-state index contributed by atoms with van der Waals surface area (Å²) < 4.78 is 2.91. The third kappa shape index (κ3) is 3.79. The molecule has 2 aromatic heterocycles. The minimum Gasteiger partial charge on any atom is -0.354 e. The van der Waals surface area contributed by atoms with Gasteiger partial charge in [0.15, 0.2) is 5.65 Å². The quantitative estimate of drug-likeness (QED) is 0.773. The molecular formula is C18H25N5O3. The highest BCUT2D eigenvalue weighted by molar-refractivity contribution is 5.87. The van der Waals surface area contributed by atoms with Crippen molar-refractivity contribution in [2.24, 2.45) is 0 Å². The Hall–Kier alpha value is -2.64. The Morgan fingerprint density at radius 2 is 2.15 bits per heavy atom. The standard InChI is InChI=1S/C18H25N5O3/c1-2-16(24)21-11-5-3-8-14(21)17(25)19-10-7-13-23-18(26)22-12-6-4-9-15(22)20-23/h4,6,9,12,14H,2-3,5,7-8,10-11,13H2,1H3,(H,19,25). The molecule has 1 saturated heterocycles. The van der Waals surface area contributed by atoms with Crippen LogP contribution in [0.5, 0.6) is 0 Å². The number of hydrogen-bond acceptors (Lipinski definition) is 4. The van der Waals surface area contributed by atoms with Crippen LogP contribution < -0.4 is 11.0 Å². The second kappa shape index (κ2) is 8.16. The van der Waals surface area contributed by atoms with Crippen molar-refractivity contribution in [1.29, 1.82) is 0 Å². The maximum absolute atomic E-state index is 12.5. The number of aryl methyl sites for hydroxylation is 1. The van der Waals surface area contributed by atoms with Crippen LogP contribution in [-0.2, 0) is 16.1 Å². The van der Waals surface area contributed by atoms with Crippen LogP contribution in [0.3, 0.4) is 0 Å². The van der Waals surface area contributed by atoms with Crippen LogP contribution in [0.1, 0.15) is 39.0 Å². The van der Waals surface area contributed by atoms with E-state index in [2.05, 4.69) is 10.4 Å². The number of fused-ring (bicyclic) bond motifs is 1. The van der Waals surface area contributed by atoms with Crippen LogP contribution in [0, 0.1) is 0 Å². The van der Waals surface area contributed by atoms with Crippen LogP contribution in [0.25, 0.3) is 5.65 Å². The Kier molecular flexibility index (Phi) is 5.70. The van der Waals surface area contributed by atoms with E-state index < -0.39 is 0 Å². The predicted octanol–water partition coefficient (Wildman–Crippen LogP) is 0.793. The smallest absolute Gasteiger partial charge is 0.350 e. The van der Waals surface area contributed by atoms with Gasteiger partial charge in [-0.25, -0.2) is 9.48 Å². The fourth-order valence-corrected chi connectivity index (χ4v) is 3.38. The van der Waals surface area contributed by atoms with E-state index in [0.29, 0.717) is 44.5 Å². The van der Waals surface area contributed by atoms with Crippen LogP contribution >= 0.6 is 0 Å². The van der Waals surface area contributed by atoms with Crippen molar-refractivity contribution in [2.45, 2.75) is 51.6 Å². The lowest BCUT2D eigenvalue weighted by Gasteiger charge is -2.34. The first-order valence-corrected chi connectivity index (χ1v) is 9.23. The van der Waals surface area contributed by atoms with Gasteiger partial charge in [0.05, 0.1) is 0 Å². The first-order valence-electron chi connectivity index (χ1n) is 9.23. The summed E-state index contributed by atoms with van der Waals surface area (Å²) in [5.41, 5.74) is 0.427. The van der Waals surface area contributed by atoms with E-state index in [0.717, 1.165) is 12.8 Å². The van der Waals surface area contributed by atoms with Crippen molar-refractivity contribution in [2.75, 3.05) is 13.1 Å². The number of hydrogen-bond donors (Lipinski definition) is 1. The molecule has 2 aromatic rings. The maximum Gasteiger partial charge on any atom is 0.350 e. The van der Waals surface area contributed by atoms with Gasteiger partial charge in [0.25, 0.3) is 0 Å². The molecule has 0 spiro atoms. The second-order valence-electron chi connectivity index (χ2n) is 6.53. The second-order valence-corrected chi connectivity index (χ2v) is 6.53. The Labute approximate surface area is 151 Å². The Morgan fingerprint density at radius 3 is 2.92 bits per heavy atom. The molecule has 1 unspecified atom stereocenters. The number of aromatic nitrogens is 3. The maximum atomic E-state index is 12.5. The highest BCUT2D eigenvalue weighted by atomic mass is 16.2. The molecule has 0 aromatic carbocycles. The number of likely N-dealkylation sites (tertiary alicyclic amines) is 1. The molecular weight excluding hydrogens is 334 g/mol. The molecule has 3 heterocycles. The normalized spacial score (nSPS) is 17.4. The van der Waals surface area contributed by atoms with Gasteiger partial charge in [0, 0.05) is 32.3 Å². The Bertz CT molecular complexity index is 841. The zero-order valence-electron chi connectivity index (χ0n) is 15.1. The number of nitrogens with zero attached hydrogens (tertiary/aromatic N) is 4. The monoisotopic (exact) mass is 359 g/mol. The third-order valence-electron chi connectivity index (χ3n) is 4.76. The van der Waals surface area contributed by atoms with Crippen molar-refractivity contribution in [3.8, 4) is 0 Å². The average molecular weight is 359 g/mol. The minimum atomic E-state index is -0.367. The van der Waals surface area contributed by atoms with Crippen LogP contribution in [-0.4, -0.2) is 50.0 Å². The molecule has 1 aliphatic rings. The Balaban J connectivity index is 1.52. The molecule has 1 atom stereocenters. The zero-order valence-corrected chi connectivity index (χ0v) is 15.1. The molecule has 1 N–H and O–H groups in total. The molecule has 1 aliphatic heterocycles. The van der Waals surface area contributed by atoms with Crippen LogP contribution in [0.2, 0.25) is 0 Å². The van der Waals surface area contributed by atoms with Crippen LogP contribution in [0.15, 0.2) is 29.2 Å². The number of rotatable bonds is 6. The molecule has 1 fully saturated rings. The topological polar surface area (TPSA) is 88.7 Å². The highest BCUT2D eigenvalue weighted by Crippen LogP contribution is 2.18. The average Bonchev–Trinajstić information content (AvgIpc) is 3.00. The van der Waals surface area contributed by atoms with Crippen molar-refractivity contribution >= 4 is 17.5 Å². The number of carbonyl (C=O) groups excluding carboxylic acids is 2. The van der Waals surface area contributed by atoms with Gasteiger partial charge in [-0.2, -0.15) is 0 Å². The number of nitrogens with one attached hydrogen (secondary N) is 1. The Morgan fingerprint density at radius 1 is 1.31 bits per heavy atom. The molecule has 2 amide bonds. The lowest BCUT2D eigenvalue weighted by Crippen LogP contribution is -2.52. The van der Waals surface area contributed by atoms with Gasteiger partial charge < -0.3 is 10.2 Å².